The molecule has 1 aliphatic rings. The monoisotopic (exact) mass is 422 g/mol. The molecular formula is C27H35FN2O. The van der Waals surface area contributed by atoms with Crippen LogP contribution < -0.4 is 4.74 Å². The van der Waals surface area contributed by atoms with Gasteiger partial charge in [0.05, 0.1) is 12.2 Å². The average Bonchev–Trinajstić information content (AvgIpc) is 2.81. The third-order valence-corrected chi connectivity index (χ3v) is 6.48. The molecular weight excluding hydrogens is 387 g/mol. The Kier molecular flexibility index (Phi) is 9.34. The Hall–Kier alpha value is -2.41. The molecule has 0 aliphatic heterocycles. The predicted molar refractivity (Wildman–Crippen MR) is 123 cm³/mol. The molecule has 1 heterocycles. The van der Waals surface area contributed by atoms with E-state index in [4.69, 9.17) is 15.0 Å². The lowest BCUT2D eigenvalue weighted by Crippen LogP contribution is -2.19. The zero-order valence-electron chi connectivity index (χ0n) is 18.8. The third-order valence-electron chi connectivity index (χ3n) is 6.48. The molecule has 0 amide bonds. The maximum Gasteiger partial charge on any atom is 0.144 e. The SMILES string of the molecule is CCCCCCCCc1ccc(C2CCC(COc3ccc(C#N)c(F)c3)CC2)nc1. The Bertz CT molecular complexity index is 835. The topological polar surface area (TPSA) is 45.9 Å². The summed E-state index contributed by atoms with van der Waals surface area (Å²) in [5, 5.41) is 8.82. The van der Waals surface area contributed by atoms with Gasteiger partial charge in [-0.3, -0.25) is 4.98 Å². The first-order valence-electron chi connectivity index (χ1n) is 12.0. The largest absolute Gasteiger partial charge is 0.493 e. The molecule has 0 spiro atoms. The second kappa shape index (κ2) is 12.4. The number of hydrogen-bond acceptors (Lipinski definition) is 3. The predicted octanol–water partition coefficient (Wildman–Crippen LogP) is 7.35. The molecule has 166 valence electrons. The number of nitriles is 1. The molecule has 1 fully saturated rings. The summed E-state index contributed by atoms with van der Waals surface area (Å²) in [7, 11) is 0. The van der Waals surface area contributed by atoms with Gasteiger partial charge in [0.2, 0.25) is 0 Å². The van der Waals surface area contributed by atoms with E-state index in [1.165, 1.54) is 61.9 Å². The van der Waals surface area contributed by atoms with Crippen LogP contribution in [0.2, 0.25) is 0 Å². The van der Waals surface area contributed by atoms with E-state index < -0.39 is 5.82 Å². The second-order valence-electron chi connectivity index (χ2n) is 8.89. The molecule has 0 radical (unpaired) electrons. The van der Waals surface area contributed by atoms with Crippen molar-refractivity contribution in [1.29, 1.82) is 5.26 Å². The van der Waals surface area contributed by atoms with Gasteiger partial charge in [0.1, 0.15) is 17.6 Å². The van der Waals surface area contributed by atoms with Gasteiger partial charge < -0.3 is 4.74 Å². The van der Waals surface area contributed by atoms with E-state index in [9.17, 15) is 4.39 Å². The molecule has 1 saturated carbocycles. The lowest BCUT2D eigenvalue weighted by Gasteiger charge is -2.28. The summed E-state index contributed by atoms with van der Waals surface area (Å²) in [4.78, 5) is 4.78. The van der Waals surface area contributed by atoms with E-state index in [0.717, 1.165) is 32.1 Å². The summed E-state index contributed by atoms with van der Waals surface area (Å²) in [5.41, 5.74) is 2.63. The summed E-state index contributed by atoms with van der Waals surface area (Å²) < 4.78 is 19.5. The van der Waals surface area contributed by atoms with Crippen molar-refractivity contribution in [2.45, 2.75) is 83.5 Å². The molecule has 1 aromatic carbocycles. The van der Waals surface area contributed by atoms with Crippen LogP contribution in [0, 0.1) is 23.1 Å². The van der Waals surface area contributed by atoms with E-state index in [0.29, 0.717) is 24.2 Å². The zero-order chi connectivity index (χ0) is 21.9. The number of rotatable bonds is 11. The quantitative estimate of drug-likeness (QED) is 0.356. The van der Waals surface area contributed by atoms with Gasteiger partial charge in [-0.2, -0.15) is 5.26 Å². The molecule has 2 aromatic rings. The number of pyridine rings is 1. The molecule has 3 nitrogen and oxygen atoms in total. The smallest absolute Gasteiger partial charge is 0.144 e. The van der Waals surface area contributed by atoms with Crippen molar-refractivity contribution < 1.29 is 9.13 Å². The highest BCUT2D eigenvalue weighted by Gasteiger charge is 2.23. The molecule has 1 aliphatic carbocycles. The van der Waals surface area contributed by atoms with E-state index in [-0.39, 0.29) is 5.56 Å². The number of unbranched alkanes of at least 4 members (excludes halogenated alkanes) is 5. The van der Waals surface area contributed by atoms with Gasteiger partial charge in [0, 0.05) is 23.9 Å². The van der Waals surface area contributed by atoms with Crippen molar-refractivity contribution in [2.75, 3.05) is 6.61 Å². The Morgan fingerprint density at radius 2 is 1.81 bits per heavy atom. The Morgan fingerprint density at radius 1 is 1.03 bits per heavy atom. The van der Waals surface area contributed by atoms with Gasteiger partial charge in [0.15, 0.2) is 0 Å². The normalized spacial score (nSPS) is 18.5. The molecule has 0 saturated heterocycles. The summed E-state index contributed by atoms with van der Waals surface area (Å²) in [5.74, 6) is 1.00. The minimum atomic E-state index is -0.519. The third kappa shape index (κ3) is 7.35. The molecule has 0 N–H and O–H groups in total. The van der Waals surface area contributed by atoms with Crippen molar-refractivity contribution in [1.82, 2.24) is 4.98 Å². The number of halogens is 1. The fraction of sp³-hybridized carbons (Fsp3) is 0.556. The Labute approximate surface area is 186 Å². The first-order valence-corrected chi connectivity index (χ1v) is 12.0. The van der Waals surface area contributed by atoms with Crippen molar-refractivity contribution in [3.05, 3.63) is 59.2 Å². The van der Waals surface area contributed by atoms with E-state index in [1.807, 2.05) is 6.07 Å². The van der Waals surface area contributed by atoms with Crippen molar-refractivity contribution in [3.8, 4) is 11.8 Å². The van der Waals surface area contributed by atoms with Crippen molar-refractivity contribution in [3.63, 3.8) is 0 Å². The lowest BCUT2D eigenvalue weighted by molar-refractivity contribution is 0.198. The number of ether oxygens (including phenoxy) is 1. The number of hydrogen-bond donors (Lipinski definition) is 0. The first kappa shape index (κ1) is 23.3. The maximum atomic E-state index is 13.7. The Morgan fingerprint density at radius 3 is 2.48 bits per heavy atom. The fourth-order valence-corrected chi connectivity index (χ4v) is 4.45. The molecule has 1 aromatic heterocycles. The van der Waals surface area contributed by atoms with Crippen LogP contribution in [0.4, 0.5) is 4.39 Å². The van der Waals surface area contributed by atoms with Crippen LogP contribution >= 0.6 is 0 Å². The maximum absolute atomic E-state index is 13.7. The van der Waals surface area contributed by atoms with Gasteiger partial charge in [-0.1, -0.05) is 45.1 Å². The van der Waals surface area contributed by atoms with Crippen LogP contribution in [-0.4, -0.2) is 11.6 Å². The number of aromatic nitrogens is 1. The summed E-state index contributed by atoms with van der Waals surface area (Å²) in [6, 6.07) is 10.8. The second-order valence-corrected chi connectivity index (χ2v) is 8.89. The fourth-order valence-electron chi connectivity index (χ4n) is 4.45. The molecule has 4 heteroatoms. The van der Waals surface area contributed by atoms with Gasteiger partial charge >= 0.3 is 0 Å². The minimum absolute atomic E-state index is 0.0540. The van der Waals surface area contributed by atoms with Crippen LogP contribution in [0.25, 0.3) is 0 Å². The molecule has 0 unspecified atom stereocenters. The Balaban J connectivity index is 1.37. The summed E-state index contributed by atoms with van der Waals surface area (Å²) >= 11 is 0. The van der Waals surface area contributed by atoms with Crippen LogP contribution in [-0.2, 0) is 6.42 Å². The molecule has 3 rings (SSSR count). The highest BCUT2D eigenvalue weighted by Crippen LogP contribution is 2.35. The van der Waals surface area contributed by atoms with Crippen molar-refractivity contribution in [2.24, 2.45) is 5.92 Å². The lowest BCUT2D eigenvalue weighted by atomic mass is 9.80. The van der Waals surface area contributed by atoms with Crippen LogP contribution in [0.3, 0.4) is 0 Å². The summed E-state index contributed by atoms with van der Waals surface area (Å²) in [6.07, 6.45) is 15.6. The first-order chi connectivity index (χ1) is 15.2. The number of nitrogens with zero attached hydrogens (tertiary/aromatic N) is 2. The number of aryl methyl sites for hydroxylation is 1. The van der Waals surface area contributed by atoms with E-state index in [1.54, 1.807) is 6.07 Å². The standard InChI is InChI=1S/C27H35FN2O/c1-2-3-4-5-6-7-8-21-11-16-27(30-19-21)23-12-9-22(10-13-23)20-31-25-15-14-24(18-29)26(28)17-25/h11,14-17,19,22-23H,2-10,12-13,20H2,1H3. The highest BCUT2D eigenvalue weighted by atomic mass is 19.1. The van der Waals surface area contributed by atoms with Crippen LogP contribution in [0.15, 0.2) is 36.5 Å². The van der Waals surface area contributed by atoms with Crippen LogP contribution in [0.5, 0.6) is 5.75 Å². The van der Waals surface area contributed by atoms with Gasteiger partial charge in [0.25, 0.3) is 0 Å². The molecule has 0 atom stereocenters. The summed E-state index contributed by atoms with van der Waals surface area (Å²) in [6.45, 7) is 2.86. The molecule has 31 heavy (non-hydrogen) atoms. The minimum Gasteiger partial charge on any atom is -0.493 e. The number of benzene rings is 1. The zero-order valence-corrected chi connectivity index (χ0v) is 18.8. The van der Waals surface area contributed by atoms with Crippen LogP contribution in [0.1, 0.15) is 93.9 Å². The van der Waals surface area contributed by atoms with E-state index >= 15 is 0 Å². The average molecular weight is 423 g/mol. The highest BCUT2D eigenvalue weighted by molar-refractivity contribution is 5.36. The molecule has 0 bridgehead atoms. The van der Waals surface area contributed by atoms with Gasteiger partial charge in [-0.25, -0.2) is 4.39 Å². The van der Waals surface area contributed by atoms with Gasteiger partial charge in [-0.05, 0) is 68.2 Å². The van der Waals surface area contributed by atoms with Crippen molar-refractivity contribution >= 4 is 0 Å². The van der Waals surface area contributed by atoms with E-state index in [2.05, 4.69) is 25.3 Å². The van der Waals surface area contributed by atoms with Gasteiger partial charge in [-0.15, -0.1) is 0 Å².